The van der Waals surface area contributed by atoms with E-state index in [0.717, 1.165) is 17.7 Å². The normalized spacial score (nSPS) is 10.2. The Hall–Kier alpha value is -3.29. The number of hydrogen-bond donors (Lipinski definition) is 3. The molecule has 0 saturated heterocycles. The molecule has 0 aliphatic heterocycles. The molecule has 0 fully saturated rings. The van der Waals surface area contributed by atoms with Crippen molar-refractivity contribution in [2.24, 2.45) is 5.73 Å². The monoisotopic (exact) mass is 361 g/mol. The van der Waals surface area contributed by atoms with E-state index in [1.807, 2.05) is 0 Å². The molecule has 0 heterocycles. The third kappa shape index (κ3) is 5.66. The van der Waals surface area contributed by atoms with Crippen molar-refractivity contribution in [3.8, 4) is 0 Å². The standard InChI is InChI=1S/C18H17F2N3O3/c19-14-7-13(8-15(20)9-14)18(26)23-10-16(24)22-5-4-11-2-1-3-12(6-11)17(21)25/h1-3,6-9H,4-5,10H2,(H2,21,25)(H,22,24)(H,23,26). The lowest BCUT2D eigenvalue weighted by Gasteiger charge is -2.08. The summed E-state index contributed by atoms with van der Waals surface area (Å²) in [6, 6.07) is 9.11. The summed E-state index contributed by atoms with van der Waals surface area (Å²) in [5.41, 5.74) is 6.19. The van der Waals surface area contributed by atoms with E-state index >= 15 is 0 Å². The van der Waals surface area contributed by atoms with Crippen molar-refractivity contribution in [2.45, 2.75) is 6.42 Å². The lowest BCUT2D eigenvalue weighted by Crippen LogP contribution is -2.37. The van der Waals surface area contributed by atoms with E-state index in [-0.39, 0.29) is 18.7 Å². The van der Waals surface area contributed by atoms with Gasteiger partial charge in [0.2, 0.25) is 11.8 Å². The summed E-state index contributed by atoms with van der Waals surface area (Å²) in [7, 11) is 0. The van der Waals surface area contributed by atoms with Gasteiger partial charge in [-0.3, -0.25) is 14.4 Å². The summed E-state index contributed by atoms with van der Waals surface area (Å²) in [6.07, 6.45) is 0.468. The molecule has 8 heteroatoms. The summed E-state index contributed by atoms with van der Waals surface area (Å²) in [6.45, 7) is -0.0518. The van der Waals surface area contributed by atoms with Crippen molar-refractivity contribution in [1.29, 1.82) is 0 Å². The van der Waals surface area contributed by atoms with Crippen molar-refractivity contribution in [2.75, 3.05) is 13.1 Å². The van der Waals surface area contributed by atoms with Crippen LogP contribution in [0, 0.1) is 11.6 Å². The van der Waals surface area contributed by atoms with Crippen LogP contribution in [0.15, 0.2) is 42.5 Å². The number of benzene rings is 2. The molecule has 2 aromatic rings. The average Bonchev–Trinajstić information content (AvgIpc) is 2.59. The number of nitrogens with two attached hydrogens (primary N) is 1. The molecular weight excluding hydrogens is 344 g/mol. The number of primary amides is 1. The maximum absolute atomic E-state index is 13.1. The fourth-order valence-corrected chi connectivity index (χ4v) is 2.24. The molecule has 0 saturated carbocycles. The minimum Gasteiger partial charge on any atom is -0.366 e. The molecule has 2 aromatic carbocycles. The summed E-state index contributed by atoms with van der Waals surface area (Å²) in [5, 5.41) is 4.87. The lowest BCUT2D eigenvalue weighted by molar-refractivity contribution is -0.120. The molecule has 0 aliphatic carbocycles. The number of carbonyl (C=O) groups excluding carboxylic acids is 3. The highest BCUT2D eigenvalue weighted by atomic mass is 19.1. The first-order valence-electron chi connectivity index (χ1n) is 7.75. The molecule has 26 heavy (non-hydrogen) atoms. The summed E-state index contributed by atoms with van der Waals surface area (Å²) >= 11 is 0. The molecule has 0 aromatic heterocycles. The van der Waals surface area contributed by atoms with Crippen molar-refractivity contribution < 1.29 is 23.2 Å². The van der Waals surface area contributed by atoms with Crippen LogP contribution in [0.1, 0.15) is 26.3 Å². The van der Waals surface area contributed by atoms with Gasteiger partial charge in [-0.05, 0) is 36.2 Å². The van der Waals surface area contributed by atoms with Gasteiger partial charge in [0.15, 0.2) is 0 Å². The van der Waals surface area contributed by atoms with Crippen LogP contribution in [0.2, 0.25) is 0 Å². The Bertz CT molecular complexity index is 820. The van der Waals surface area contributed by atoms with Crippen molar-refractivity contribution in [3.63, 3.8) is 0 Å². The Morgan fingerprint density at radius 3 is 2.27 bits per heavy atom. The third-order valence-corrected chi connectivity index (χ3v) is 3.48. The highest BCUT2D eigenvalue weighted by Crippen LogP contribution is 2.07. The maximum Gasteiger partial charge on any atom is 0.251 e. The van der Waals surface area contributed by atoms with Gasteiger partial charge in [-0.25, -0.2) is 8.78 Å². The number of hydrogen-bond acceptors (Lipinski definition) is 3. The molecule has 3 amide bonds. The van der Waals surface area contributed by atoms with Gasteiger partial charge in [-0.2, -0.15) is 0 Å². The zero-order valence-corrected chi connectivity index (χ0v) is 13.7. The fourth-order valence-electron chi connectivity index (χ4n) is 2.24. The zero-order chi connectivity index (χ0) is 19.1. The number of carbonyl (C=O) groups is 3. The molecule has 136 valence electrons. The van der Waals surface area contributed by atoms with E-state index in [9.17, 15) is 23.2 Å². The minimum atomic E-state index is -0.877. The molecule has 6 nitrogen and oxygen atoms in total. The molecule has 4 N–H and O–H groups in total. The van der Waals surface area contributed by atoms with E-state index in [1.54, 1.807) is 24.3 Å². The quantitative estimate of drug-likeness (QED) is 0.690. The Kier molecular flexibility index (Phi) is 6.37. The van der Waals surface area contributed by atoms with Crippen LogP contribution in [-0.4, -0.2) is 30.8 Å². The molecular formula is C18H17F2N3O3. The lowest BCUT2D eigenvalue weighted by atomic mass is 10.1. The number of halogens is 2. The van der Waals surface area contributed by atoms with Crippen molar-refractivity contribution in [1.82, 2.24) is 10.6 Å². The van der Waals surface area contributed by atoms with Crippen LogP contribution < -0.4 is 16.4 Å². The zero-order valence-electron chi connectivity index (χ0n) is 13.7. The smallest absolute Gasteiger partial charge is 0.251 e. The Morgan fingerprint density at radius 1 is 0.923 bits per heavy atom. The van der Waals surface area contributed by atoms with Gasteiger partial charge in [0.05, 0.1) is 6.54 Å². The molecule has 0 bridgehead atoms. The Labute approximate surface area is 148 Å². The number of rotatable bonds is 7. The molecule has 0 unspecified atom stereocenters. The predicted octanol–water partition coefficient (Wildman–Crippen LogP) is 1.15. The predicted molar refractivity (Wildman–Crippen MR) is 90.4 cm³/mol. The van der Waals surface area contributed by atoms with Gasteiger partial charge in [0.1, 0.15) is 11.6 Å². The second-order valence-corrected chi connectivity index (χ2v) is 5.51. The third-order valence-electron chi connectivity index (χ3n) is 3.48. The van der Waals surface area contributed by atoms with Gasteiger partial charge in [-0.15, -0.1) is 0 Å². The van der Waals surface area contributed by atoms with Crippen molar-refractivity contribution in [3.05, 3.63) is 70.8 Å². The molecule has 0 radical (unpaired) electrons. The largest absolute Gasteiger partial charge is 0.366 e. The van der Waals surface area contributed by atoms with Crippen molar-refractivity contribution >= 4 is 17.7 Å². The van der Waals surface area contributed by atoms with Gasteiger partial charge in [0.25, 0.3) is 5.91 Å². The Balaban J connectivity index is 1.77. The highest BCUT2D eigenvalue weighted by Gasteiger charge is 2.10. The van der Waals surface area contributed by atoms with Crippen LogP contribution in [-0.2, 0) is 11.2 Å². The van der Waals surface area contributed by atoms with E-state index < -0.39 is 29.4 Å². The maximum atomic E-state index is 13.1. The summed E-state index contributed by atoms with van der Waals surface area (Å²) in [4.78, 5) is 34.6. The first-order valence-corrected chi connectivity index (χ1v) is 7.75. The van der Waals surface area contributed by atoms with Crippen LogP contribution in [0.5, 0.6) is 0 Å². The minimum absolute atomic E-state index is 0.210. The summed E-state index contributed by atoms with van der Waals surface area (Å²) in [5.74, 6) is -3.50. The van der Waals surface area contributed by atoms with Crippen LogP contribution >= 0.6 is 0 Å². The van der Waals surface area contributed by atoms with E-state index in [1.165, 1.54) is 0 Å². The van der Waals surface area contributed by atoms with Crippen LogP contribution in [0.3, 0.4) is 0 Å². The molecule has 0 aliphatic rings. The summed E-state index contributed by atoms with van der Waals surface area (Å²) < 4.78 is 26.1. The second kappa shape index (κ2) is 8.70. The van der Waals surface area contributed by atoms with Gasteiger partial charge >= 0.3 is 0 Å². The Morgan fingerprint density at radius 2 is 1.62 bits per heavy atom. The van der Waals surface area contributed by atoms with E-state index in [2.05, 4.69) is 10.6 Å². The number of nitrogens with one attached hydrogen (secondary N) is 2. The number of amides is 3. The van der Waals surface area contributed by atoms with E-state index in [0.29, 0.717) is 18.1 Å². The van der Waals surface area contributed by atoms with Gasteiger partial charge in [0, 0.05) is 23.7 Å². The first kappa shape index (κ1) is 19.0. The average molecular weight is 361 g/mol. The molecule has 0 spiro atoms. The van der Waals surface area contributed by atoms with Gasteiger partial charge < -0.3 is 16.4 Å². The van der Waals surface area contributed by atoms with Gasteiger partial charge in [-0.1, -0.05) is 12.1 Å². The fraction of sp³-hybridized carbons (Fsp3) is 0.167. The second-order valence-electron chi connectivity index (χ2n) is 5.51. The SMILES string of the molecule is NC(=O)c1cccc(CCNC(=O)CNC(=O)c2cc(F)cc(F)c2)c1. The topological polar surface area (TPSA) is 101 Å². The molecule has 0 atom stereocenters. The first-order chi connectivity index (χ1) is 12.3. The highest BCUT2D eigenvalue weighted by molar-refractivity contribution is 5.96. The van der Waals surface area contributed by atoms with E-state index in [4.69, 9.17) is 5.73 Å². The van der Waals surface area contributed by atoms with Crippen LogP contribution in [0.4, 0.5) is 8.78 Å². The van der Waals surface area contributed by atoms with Crippen LogP contribution in [0.25, 0.3) is 0 Å². The molecule has 2 rings (SSSR count).